The molecule has 1 aromatic carbocycles. The van der Waals surface area contributed by atoms with Crippen molar-refractivity contribution < 1.29 is 0 Å². The average molecular weight is 203 g/mol. The Kier molecular flexibility index (Phi) is 3.79. The number of nitrogens with one attached hydrogen (secondary N) is 1. The smallest absolute Gasteiger partial charge is 0.0133 e. The van der Waals surface area contributed by atoms with Crippen LogP contribution in [-0.2, 0) is 0 Å². The molecule has 1 aromatic rings. The molecule has 2 unspecified atom stereocenters. The van der Waals surface area contributed by atoms with E-state index in [2.05, 4.69) is 42.6 Å². The lowest BCUT2D eigenvalue weighted by atomic mass is 9.87. The van der Waals surface area contributed by atoms with Crippen LogP contribution in [0.15, 0.2) is 30.3 Å². The summed E-state index contributed by atoms with van der Waals surface area (Å²) >= 11 is 0. The molecule has 82 valence electrons. The highest BCUT2D eigenvalue weighted by Gasteiger charge is 2.22. The maximum absolute atomic E-state index is 3.68. The highest BCUT2D eigenvalue weighted by Crippen LogP contribution is 2.29. The van der Waals surface area contributed by atoms with Gasteiger partial charge in [-0.15, -0.1) is 0 Å². The van der Waals surface area contributed by atoms with E-state index in [1.54, 1.807) is 0 Å². The normalized spacial score (nSPS) is 27.3. The summed E-state index contributed by atoms with van der Waals surface area (Å²) in [6.07, 6.45) is 5.28. The topological polar surface area (TPSA) is 12.0 Å². The quantitative estimate of drug-likeness (QED) is 0.777. The third kappa shape index (κ3) is 2.60. The van der Waals surface area contributed by atoms with Crippen LogP contribution in [0.2, 0.25) is 0 Å². The third-order valence-electron chi connectivity index (χ3n) is 3.50. The van der Waals surface area contributed by atoms with Gasteiger partial charge in [-0.2, -0.15) is 0 Å². The van der Waals surface area contributed by atoms with Crippen molar-refractivity contribution in [3.63, 3.8) is 0 Å². The molecule has 1 saturated heterocycles. The first-order valence-corrected chi connectivity index (χ1v) is 6.20. The Bertz CT molecular complexity index is 281. The van der Waals surface area contributed by atoms with Gasteiger partial charge in [0.1, 0.15) is 0 Å². The molecule has 1 heteroatoms. The monoisotopic (exact) mass is 203 g/mol. The molecule has 2 rings (SSSR count). The van der Waals surface area contributed by atoms with E-state index in [-0.39, 0.29) is 0 Å². The van der Waals surface area contributed by atoms with Gasteiger partial charge in [0, 0.05) is 6.04 Å². The lowest BCUT2D eigenvalue weighted by Gasteiger charge is -2.25. The van der Waals surface area contributed by atoms with Crippen LogP contribution in [-0.4, -0.2) is 12.6 Å². The van der Waals surface area contributed by atoms with Crippen molar-refractivity contribution in [3.05, 3.63) is 35.9 Å². The second-order valence-electron chi connectivity index (χ2n) is 4.48. The van der Waals surface area contributed by atoms with E-state index < -0.39 is 0 Å². The summed E-state index contributed by atoms with van der Waals surface area (Å²) in [6.45, 7) is 3.49. The first-order valence-electron chi connectivity index (χ1n) is 6.20. The van der Waals surface area contributed by atoms with Crippen LogP contribution >= 0.6 is 0 Å². The summed E-state index contributed by atoms with van der Waals surface area (Å²) in [7, 11) is 0. The standard InChI is InChI=1S/C14H21N/c1-2-14-13(10-6-7-11-15-14)12-8-4-3-5-9-12/h3-5,8-9,13-15H,2,6-7,10-11H2,1H3. The van der Waals surface area contributed by atoms with Crippen LogP contribution in [0, 0.1) is 0 Å². The number of benzene rings is 1. The van der Waals surface area contributed by atoms with Crippen LogP contribution in [0.3, 0.4) is 0 Å². The summed E-state index contributed by atoms with van der Waals surface area (Å²) in [4.78, 5) is 0. The Balaban J connectivity index is 2.16. The first-order chi connectivity index (χ1) is 7.42. The van der Waals surface area contributed by atoms with Gasteiger partial charge in [0.05, 0.1) is 0 Å². The van der Waals surface area contributed by atoms with Crippen LogP contribution in [0.1, 0.15) is 44.1 Å². The number of rotatable bonds is 2. The maximum atomic E-state index is 3.68. The molecule has 0 amide bonds. The highest BCUT2D eigenvalue weighted by atomic mass is 14.9. The van der Waals surface area contributed by atoms with E-state index in [4.69, 9.17) is 0 Å². The second kappa shape index (κ2) is 5.32. The molecule has 2 atom stereocenters. The van der Waals surface area contributed by atoms with Gasteiger partial charge in [0.25, 0.3) is 0 Å². The van der Waals surface area contributed by atoms with E-state index >= 15 is 0 Å². The van der Waals surface area contributed by atoms with Crippen molar-refractivity contribution in [1.82, 2.24) is 5.32 Å². The summed E-state index contributed by atoms with van der Waals surface area (Å²) in [5.74, 6) is 0.721. The second-order valence-corrected chi connectivity index (χ2v) is 4.48. The molecule has 15 heavy (non-hydrogen) atoms. The van der Waals surface area contributed by atoms with Crippen molar-refractivity contribution in [2.45, 2.75) is 44.6 Å². The molecular formula is C14H21N. The predicted molar refractivity (Wildman–Crippen MR) is 65.1 cm³/mol. The van der Waals surface area contributed by atoms with Gasteiger partial charge in [-0.3, -0.25) is 0 Å². The Labute approximate surface area is 92.9 Å². The minimum atomic E-state index is 0.676. The van der Waals surface area contributed by atoms with Crippen LogP contribution in [0.4, 0.5) is 0 Å². The van der Waals surface area contributed by atoms with Crippen molar-refractivity contribution in [3.8, 4) is 0 Å². The Hall–Kier alpha value is -0.820. The van der Waals surface area contributed by atoms with E-state index in [0.29, 0.717) is 6.04 Å². The van der Waals surface area contributed by atoms with E-state index in [9.17, 15) is 0 Å². The van der Waals surface area contributed by atoms with Crippen molar-refractivity contribution in [1.29, 1.82) is 0 Å². The molecule has 1 aliphatic heterocycles. The molecule has 0 spiro atoms. The van der Waals surface area contributed by atoms with Gasteiger partial charge in [-0.05, 0) is 37.3 Å². The summed E-state index contributed by atoms with van der Waals surface area (Å²) in [6, 6.07) is 11.7. The van der Waals surface area contributed by atoms with Crippen molar-refractivity contribution >= 4 is 0 Å². The van der Waals surface area contributed by atoms with E-state index in [1.165, 1.54) is 37.8 Å². The highest BCUT2D eigenvalue weighted by molar-refractivity contribution is 5.21. The molecule has 0 radical (unpaired) electrons. The van der Waals surface area contributed by atoms with Gasteiger partial charge < -0.3 is 5.32 Å². The predicted octanol–water partition coefficient (Wildman–Crippen LogP) is 3.32. The fraction of sp³-hybridized carbons (Fsp3) is 0.571. The minimum Gasteiger partial charge on any atom is -0.313 e. The van der Waals surface area contributed by atoms with Crippen molar-refractivity contribution in [2.24, 2.45) is 0 Å². The average Bonchev–Trinajstić information content (AvgIpc) is 2.55. The molecule has 0 aliphatic carbocycles. The van der Waals surface area contributed by atoms with E-state index in [1.807, 2.05) is 0 Å². The lowest BCUT2D eigenvalue weighted by Crippen LogP contribution is -2.32. The summed E-state index contributed by atoms with van der Waals surface area (Å²) in [5, 5.41) is 3.68. The number of hydrogen-bond acceptors (Lipinski definition) is 1. The van der Waals surface area contributed by atoms with Gasteiger partial charge >= 0.3 is 0 Å². The molecular weight excluding hydrogens is 182 g/mol. The Morgan fingerprint density at radius 1 is 1.20 bits per heavy atom. The fourth-order valence-electron chi connectivity index (χ4n) is 2.65. The Morgan fingerprint density at radius 3 is 2.73 bits per heavy atom. The van der Waals surface area contributed by atoms with E-state index in [0.717, 1.165) is 5.92 Å². The zero-order chi connectivity index (χ0) is 10.5. The third-order valence-corrected chi connectivity index (χ3v) is 3.50. The fourth-order valence-corrected chi connectivity index (χ4v) is 2.65. The van der Waals surface area contributed by atoms with Crippen molar-refractivity contribution in [2.75, 3.05) is 6.54 Å². The lowest BCUT2D eigenvalue weighted by molar-refractivity contribution is 0.438. The zero-order valence-corrected chi connectivity index (χ0v) is 9.58. The maximum Gasteiger partial charge on any atom is 0.0133 e. The van der Waals surface area contributed by atoms with Gasteiger partial charge in [0.15, 0.2) is 0 Å². The zero-order valence-electron chi connectivity index (χ0n) is 9.58. The molecule has 0 aromatic heterocycles. The van der Waals surface area contributed by atoms with Gasteiger partial charge in [-0.1, -0.05) is 43.7 Å². The molecule has 1 aliphatic rings. The van der Waals surface area contributed by atoms with Crippen LogP contribution in [0.25, 0.3) is 0 Å². The molecule has 1 fully saturated rings. The molecule has 1 nitrogen and oxygen atoms in total. The largest absolute Gasteiger partial charge is 0.313 e. The molecule has 1 heterocycles. The number of hydrogen-bond donors (Lipinski definition) is 1. The molecule has 1 N–H and O–H groups in total. The van der Waals surface area contributed by atoms with Crippen LogP contribution < -0.4 is 5.32 Å². The first kappa shape index (κ1) is 10.7. The molecule has 0 saturated carbocycles. The summed E-state index contributed by atoms with van der Waals surface area (Å²) in [5.41, 5.74) is 1.51. The van der Waals surface area contributed by atoms with Gasteiger partial charge in [-0.25, -0.2) is 0 Å². The Morgan fingerprint density at radius 2 is 2.00 bits per heavy atom. The minimum absolute atomic E-state index is 0.676. The summed E-state index contributed by atoms with van der Waals surface area (Å²) < 4.78 is 0. The van der Waals surface area contributed by atoms with Crippen LogP contribution in [0.5, 0.6) is 0 Å². The molecule has 0 bridgehead atoms. The SMILES string of the molecule is CCC1NCCCCC1c1ccccc1. The van der Waals surface area contributed by atoms with Gasteiger partial charge in [0.2, 0.25) is 0 Å².